The molecule has 226 valence electrons. The molecule has 10 nitrogen and oxygen atoms in total. The van der Waals surface area contributed by atoms with Gasteiger partial charge >= 0.3 is 20.2 Å². The van der Waals surface area contributed by atoms with Crippen molar-refractivity contribution in [2.24, 2.45) is 11.8 Å². The fraction of sp³-hybridized carbons (Fsp3) is 0.516. The van der Waals surface area contributed by atoms with Crippen molar-refractivity contribution < 1.29 is 38.8 Å². The molecule has 12 heteroatoms. The Morgan fingerprint density at radius 2 is 1.33 bits per heavy atom. The van der Waals surface area contributed by atoms with E-state index in [9.17, 15) is 29.5 Å². The number of carbonyl (C=O) groups is 3. The van der Waals surface area contributed by atoms with Crippen LogP contribution in [0, 0.1) is 11.8 Å². The molecule has 4 aliphatic rings. The molecule has 43 heavy (non-hydrogen) atoms. The number of fused-ring (bicyclic) bond motifs is 2. The summed E-state index contributed by atoms with van der Waals surface area (Å²) in [5, 5.41) is 32.7. The molecule has 0 atom stereocenters. The SMILES string of the molecule is O=C(O)CN(C(=O)c1ccc2c(c1)B(O)OC2)C1CCC(CC2CCC(NC(=O)c3ccc4c(c3)B(O)OC4)CC2)CC1. The maximum absolute atomic E-state index is 13.4. The van der Waals surface area contributed by atoms with E-state index in [1.807, 2.05) is 6.07 Å². The van der Waals surface area contributed by atoms with E-state index >= 15 is 0 Å². The number of nitrogens with zero attached hydrogens (tertiary/aromatic N) is 1. The van der Waals surface area contributed by atoms with Gasteiger partial charge in [0.25, 0.3) is 11.8 Å². The van der Waals surface area contributed by atoms with Crippen LogP contribution in [0.5, 0.6) is 0 Å². The number of carboxylic acid groups (broad SMARTS) is 1. The minimum absolute atomic E-state index is 0.117. The van der Waals surface area contributed by atoms with Crippen molar-refractivity contribution in [3.63, 3.8) is 0 Å². The zero-order valence-electron chi connectivity index (χ0n) is 24.2. The van der Waals surface area contributed by atoms with Crippen molar-refractivity contribution in [3.8, 4) is 0 Å². The minimum atomic E-state index is -1.06. The number of amides is 2. The summed E-state index contributed by atoms with van der Waals surface area (Å²) in [4.78, 5) is 39.5. The highest BCUT2D eigenvalue weighted by Crippen LogP contribution is 2.37. The van der Waals surface area contributed by atoms with Gasteiger partial charge in [0.2, 0.25) is 0 Å². The molecule has 0 saturated heterocycles. The molecule has 4 N–H and O–H groups in total. The third-order valence-electron chi connectivity index (χ3n) is 9.80. The van der Waals surface area contributed by atoms with Gasteiger partial charge in [-0.1, -0.05) is 12.1 Å². The third-order valence-corrected chi connectivity index (χ3v) is 9.80. The Hall–Kier alpha value is -3.18. The maximum atomic E-state index is 13.4. The second-order valence-corrected chi connectivity index (χ2v) is 12.6. The standard InChI is InChI=1S/C31H38B2N2O8/c36-29(37)16-35(31(39)22-6-8-24-18-43-33(41)28(24)15-22)26-11-3-20(4-12-26)13-19-1-9-25(10-2-19)34-30(38)21-5-7-23-17-42-32(40)27(23)14-21/h5-8,14-15,19-20,25-26,40-41H,1-4,9-13,16-18H2,(H,34,38)(H,36,37). The molecule has 2 aromatic carbocycles. The van der Waals surface area contributed by atoms with Gasteiger partial charge in [0.1, 0.15) is 6.54 Å². The van der Waals surface area contributed by atoms with Crippen molar-refractivity contribution in [3.05, 3.63) is 58.7 Å². The lowest BCUT2D eigenvalue weighted by atomic mass is 9.75. The first-order chi connectivity index (χ1) is 20.7. The monoisotopic (exact) mass is 588 g/mol. The lowest BCUT2D eigenvalue weighted by Crippen LogP contribution is -2.45. The molecular formula is C31H38B2N2O8. The molecule has 2 aromatic rings. The molecule has 0 unspecified atom stereocenters. The molecule has 0 bridgehead atoms. The number of carbonyl (C=O) groups excluding carboxylic acids is 2. The van der Waals surface area contributed by atoms with Crippen LogP contribution >= 0.6 is 0 Å². The summed E-state index contributed by atoms with van der Waals surface area (Å²) < 4.78 is 10.5. The van der Waals surface area contributed by atoms with Gasteiger partial charge in [-0.25, -0.2) is 0 Å². The Morgan fingerprint density at radius 1 is 0.791 bits per heavy atom. The van der Waals surface area contributed by atoms with Gasteiger partial charge in [0, 0.05) is 23.2 Å². The molecule has 2 aliphatic carbocycles. The first-order valence-corrected chi connectivity index (χ1v) is 15.4. The van der Waals surface area contributed by atoms with Crippen LogP contribution < -0.4 is 16.2 Å². The minimum Gasteiger partial charge on any atom is -0.480 e. The van der Waals surface area contributed by atoms with E-state index < -0.39 is 20.2 Å². The van der Waals surface area contributed by atoms with Crippen LogP contribution in [0.15, 0.2) is 36.4 Å². The molecule has 2 aliphatic heterocycles. The third kappa shape index (κ3) is 6.67. The molecule has 2 amide bonds. The zero-order valence-corrected chi connectivity index (χ0v) is 24.2. The molecule has 0 aromatic heterocycles. The average molecular weight is 588 g/mol. The van der Waals surface area contributed by atoms with E-state index in [-0.39, 0.29) is 30.4 Å². The lowest BCUT2D eigenvalue weighted by molar-refractivity contribution is -0.138. The van der Waals surface area contributed by atoms with Crippen molar-refractivity contribution in [1.29, 1.82) is 0 Å². The second-order valence-electron chi connectivity index (χ2n) is 12.6. The highest BCUT2D eigenvalue weighted by atomic mass is 16.5. The van der Waals surface area contributed by atoms with E-state index in [0.29, 0.717) is 47.1 Å². The molecule has 2 fully saturated rings. The molecule has 6 rings (SSSR count). The van der Waals surface area contributed by atoms with E-state index in [2.05, 4.69) is 5.32 Å². The number of hydrogen-bond acceptors (Lipinski definition) is 7. The topological polar surface area (TPSA) is 146 Å². The van der Waals surface area contributed by atoms with Gasteiger partial charge < -0.3 is 34.7 Å². The van der Waals surface area contributed by atoms with E-state index in [4.69, 9.17) is 9.31 Å². The summed E-state index contributed by atoms with van der Waals surface area (Å²) in [6.07, 6.45) is 8.54. The van der Waals surface area contributed by atoms with Gasteiger partial charge in [0.15, 0.2) is 0 Å². The fourth-order valence-corrected chi connectivity index (χ4v) is 7.36. The Kier molecular flexibility index (Phi) is 8.90. The van der Waals surface area contributed by atoms with Gasteiger partial charge in [-0.05, 0) is 116 Å². The number of carboxylic acids is 1. The van der Waals surface area contributed by atoms with E-state index in [0.717, 1.165) is 68.9 Å². The van der Waals surface area contributed by atoms with Gasteiger partial charge in [-0.3, -0.25) is 14.4 Å². The summed E-state index contributed by atoms with van der Waals surface area (Å²) in [5.41, 5.74) is 3.90. The summed E-state index contributed by atoms with van der Waals surface area (Å²) in [6, 6.07) is 10.4. The normalized spacial score (nSPS) is 24.8. The first kappa shape index (κ1) is 29.9. The van der Waals surface area contributed by atoms with E-state index in [1.165, 1.54) is 4.90 Å². The molecule has 0 spiro atoms. The summed E-state index contributed by atoms with van der Waals surface area (Å²) in [6.45, 7) is 0.307. The predicted octanol–water partition coefficient (Wildman–Crippen LogP) is 1.59. The van der Waals surface area contributed by atoms with Crippen molar-refractivity contribution in [2.75, 3.05) is 6.54 Å². The summed E-state index contributed by atoms with van der Waals surface area (Å²) in [7, 11) is -2.03. The second kappa shape index (κ2) is 12.8. The van der Waals surface area contributed by atoms with Crippen molar-refractivity contribution in [1.82, 2.24) is 10.2 Å². The predicted molar refractivity (Wildman–Crippen MR) is 160 cm³/mol. The maximum Gasteiger partial charge on any atom is 0.491 e. The van der Waals surface area contributed by atoms with Crippen LogP contribution in [-0.2, 0) is 27.3 Å². The Morgan fingerprint density at radius 3 is 1.91 bits per heavy atom. The van der Waals surface area contributed by atoms with Gasteiger partial charge in [-0.2, -0.15) is 0 Å². The highest BCUT2D eigenvalue weighted by Gasteiger charge is 2.34. The number of aliphatic carboxylic acids is 1. The van der Waals surface area contributed by atoms with Crippen LogP contribution in [0.3, 0.4) is 0 Å². The van der Waals surface area contributed by atoms with E-state index in [1.54, 1.807) is 30.3 Å². The number of rotatable bonds is 8. The number of hydrogen-bond donors (Lipinski definition) is 4. The molecule has 2 heterocycles. The summed E-state index contributed by atoms with van der Waals surface area (Å²) >= 11 is 0. The number of benzene rings is 2. The van der Waals surface area contributed by atoms with Crippen LogP contribution in [0.1, 0.15) is 89.6 Å². The van der Waals surface area contributed by atoms with Crippen LogP contribution in [0.25, 0.3) is 0 Å². The van der Waals surface area contributed by atoms with Crippen LogP contribution in [0.2, 0.25) is 0 Å². The Labute approximate surface area is 252 Å². The Bertz CT molecular complexity index is 1370. The molecule has 2 saturated carbocycles. The average Bonchev–Trinajstić information content (AvgIpc) is 3.58. The summed E-state index contributed by atoms with van der Waals surface area (Å²) in [5.74, 6) is -0.335. The van der Waals surface area contributed by atoms with Crippen molar-refractivity contribution in [2.45, 2.75) is 83.1 Å². The molecular weight excluding hydrogens is 550 g/mol. The highest BCUT2D eigenvalue weighted by molar-refractivity contribution is 6.62. The smallest absolute Gasteiger partial charge is 0.480 e. The van der Waals surface area contributed by atoms with Crippen LogP contribution in [-0.4, -0.2) is 70.7 Å². The lowest BCUT2D eigenvalue weighted by Gasteiger charge is -2.38. The first-order valence-electron chi connectivity index (χ1n) is 15.4. The van der Waals surface area contributed by atoms with Gasteiger partial charge in [0.05, 0.1) is 13.2 Å². The quantitative estimate of drug-likeness (QED) is 0.341. The Balaban J connectivity index is 0.975. The largest absolute Gasteiger partial charge is 0.491 e. The number of nitrogens with one attached hydrogen (secondary N) is 1. The van der Waals surface area contributed by atoms with Crippen molar-refractivity contribution >= 4 is 42.9 Å². The van der Waals surface area contributed by atoms with Crippen LogP contribution in [0.4, 0.5) is 0 Å². The molecule has 0 radical (unpaired) electrons. The fourth-order valence-electron chi connectivity index (χ4n) is 7.36. The van der Waals surface area contributed by atoms with Gasteiger partial charge in [-0.15, -0.1) is 0 Å². The zero-order chi connectivity index (χ0) is 30.1.